The summed E-state index contributed by atoms with van der Waals surface area (Å²) in [4.78, 5) is 45.0. The zero-order valence-electron chi connectivity index (χ0n) is 22.4. The van der Waals surface area contributed by atoms with Gasteiger partial charge in [0.25, 0.3) is 5.91 Å². The molecule has 3 aliphatic rings. The third-order valence-electron chi connectivity index (χ3n) is 8.75. The number of nitrogens with zero attached hydrogens (tertiary/aromatic N) is 1. The molecule has 8 nitrogen and oxygen atoms in total. The number of hydrogen-bond acceptors (Lipinski definition) is 5. The molecule has 0 aromatic heterocycles. The van der Waals surface area contributed by atoms with Crippen molar-refractivity contribution in [3.8, 4) is 0 Å². The maximum absolute atomic E-state index is 14.6. The van der Waals surface area contributed by atoms with E-state index < -0.39 is 28.9 Å². The summed E-state index contributed by atoms with van der Waals surface area (Å²) in [7, 11) is 0. The van der Waals surface area contributed by atoms with Gasteiger partial charge in [0.1, 0.15) is 6.04 Å². The van der Waals surface area contributed by atoms with Crippen LogP contribution >= 0.6 is 0 Å². The highest BCUT2D eigenvalue weighted by Gasteiger charge is 2.77. The van der Waals surface area contributed by atoms with E-state index in [1.54, 1.807) is 4.90 Å². The van der Waals surface area contributed by atoms with Gasteiger partial charge in [-0.25, -0.2) is 0 Å². The van der Waals surface area contributed by atoms with Crippen LogP contribution in [0, 0.1) is 0 Å². The van der Waals surface area contributed by atoms with E-state index >= 15 is 0 Å². The van der Waals surface area contributed by atoms with Crippen LogP contribution < -0.4 is 21.7 Å². The lowest BCUT2D eigenvalue weighted by molar-refractivity contribution is -0.141. The number of fused-ring (bicyclic) bond motifs is 3. The van der Waals surface area contributed by atoms with Crippen LogP contribution in [0.15, 0.2) is 84.9 Å². The van der Waals surface area contributed by atoms with Crippen LogP contribution in [-0.2, 0) is 32.9 Å². The fourth-order valence-electron chi connectivity index (χ4n) is 6.86. The number of amides is 3. The molecule has 2 heterocycles. The summed E-state index contributed by atoms with van der Waals surface area (Å²) >= 11 is 0. The van der Waals surface area contributed by atoms with Gasteiger partial charge in [-0.15, -0.1) is 0 Å². The molecule has 3 aromatic carbocycles. The molecule has 5 N–H and O–H groups in total. The van der Waals surface area contributed by atoms with Gasteiger partial charge >= 0.3 is 0 Å². The van der Waals surface area contributed by atoms with Gasteiger partial charge in [0.2, 0.25) is 11.8 Å². The molecule has 3 amide bonds. The molecule has 206 valence electrons. The molecule has 1 aliphatic carbocycles. The van der Waals surface area contributed by atoms with E-state index in [1.807, 2.05) is 84.9 Å². The van der Waals surface area contributed by atoms with Crippen LogP contribution in [0.4, 0.5) is 5.69 Å². The number of benzene rings is 3. The Hall–Kier alpha value is -4.17. The first-order valence-electron chi connectivity index (χ1n) is 14.1. The Kier molecular flexibility index (Phi) is 6.80. The summed E-state index contributed by atoms with van der Waals surface area (Å²) in [6, 6.07) is 25.2. The quantitative estimate of drug-likeness (QED) is 0.370. The number of rotatable bonds is 7. The van der Waals surface area contributed by atoms with Gasteiger partial charge in [-0.3, -0.25) is 20.1 Å². The summed E-state index contributed by atoms with van der Waals surface area (Å²) in [5.41, 5.74) is 6.56. The predicted molar refractivity (Wildman–Crippen MR) is 153 cm³/mol. The molecule has 1 saturated carbocycles. The van der Waals surface area contributed by atoms with Crippen LogP contribution in [0.2, 0.25) is 0 Å². The topological polar surface area (TPSA) is 117 Å². The van der Waals surface area contributed by atoms with Crippen molar-refractivity contribution in [1.29, 1.82) is 0 Å². The summed E-state index contributed by atoms with van der Waals surface area (Å²) in [5.74, 6) is -1.24. The van der Waals surface area contributed by atoms with E-state index in [1.165, 1.54) is 0 Å². The molecule has 0 unspecified atom stereocenters. The summed E-state index contributed by atoms with van der Waals surface area (Å²) in [6.45, 7) is 0.521. The summed E-state index contributed by atoms with van der Waals surface area (Å²) in [6.07, 6.45) is 4.55. The molecular formula is C32H35N5O3. The predicted octanol–water partition coefficient (Wildman–Crippen LogP) is 3.18. The first-order chi connectivity index (χ1) is 19.5. The van der Waals surface area contributed by atoms with Crippen molar-refractivity contribution in [2.24, 2.45) is 5.73 Å². The monoisotopic (exact) mass is 537 g/mol. The molecule has 8 heteroatoms. The second kappa shape index (κ2) is 10.4. The Bertz CT molecular complexity index is 1410. The molecule has 0 spiro atoms. The van der Waals surface area contributed by atoms with E-state index in [9.17, 15) is 14.4 Å². The number of hydrogen-bond donors (Lipinski definition) is 4. The fourth-order valence-corrected chi connectivity index (χ4v) is 6.86. The van der Waals surface area contributed by atoms with Crippen molar-refractivity contribution < 1.29 is 14.4 Å². The molecule has 40 heavy (non-hydrogen) atoms. The first-order valence-corrected chi connectivity index (χ1v) is 14.1. The second-order valence-electron chi connectivity index (χ2n) is 11.1. The zero-order chi connectivity index (χ0) is 27.7. The Morgan fingerprint density at radius 2 is 1.40 bits per heavy atom. The lowest BCUT2D eigenvalue weighted by Gasteiger charge is -2.40. The third-order valence-corrected chi connectivity index (χ3v) is 8.75. The molecule has 2 aliphatic heterocycles. The number of para-hydroxylation sites is 1. The maximum Gasteiger partial charge on any atom is 0.265 e. The van der Waals surface area contributed by atoms with Crippen LogP contribution in [0.3, 0.4) is 0 Å². The first kappa shape index (κ1) is 26.1. The van der Waals surface area contributed by atoms with Crippen molar-refractivity contribution in [2.45, 2.75) is 68.4 Å². The van der Waals surface area contributed by atoms with E-state index in [4.69, 9.17) is 5.73 Å². The molecule has 3 atom stereocenters. The molecular weight excluding hydrogens is 502 g/mol. The van der Waals surface area contributed by atoms with Crippen molar-refractivity contribution in [2.75, 3.05) is 5.32 Å². The van der Waals surface area contributed by atoms with Gasteiger partial charge in [-0.2, -0.15) is 0 Å². The SMILES string of the molecule is N[C@]12Nc3ccccc3[C@]1(C(=O)NCc1ccccc1)[C@@H](C(=O)NCc1ccccc1)N(C1CCCCC1)C2=O. The van der Waals surface area contributed by atoms with Crippen LogP contribution in [-0.4, -0.2) is 40.4 Å². The molecule has 2 fully saturated rings. The van der Waals surface area contributed by atoms with Gasteiger partial charge in [0, 0.05) is 24.8 Å². The number of anilines is 1. The largest absolute Gasteiger partial charge is 0.358 e. The highest BCUT2D eigenvalue weighted by Crippen LogP contribution is 2.55. The summed E-state index contributed by atoms with van der Waals surface area (Å²) < 4.78 is 0. The van der Waals surface area contributed by atoms with E-state index in [0.717, 1.165) is 43.2 Å². The van der Waals surface area contributed by atoms with Crippen LogP contribution in [0.1, 0.15) is 48.8 Å². The van der Waals surface area contributed by atoms with Gasteiger partial charge in [0.15, 0.2) is 11.1 Å². The number of carbonyl (C=O) groups is 3. The standard InChI is InChI=1S/C32H35N5O3/c33-32-30(40)37(24-16-8-3-9-17-24)27(28(38)34-20-22-12-4-1-5-13-22)31(32,25-18-10-11-19-26(25)36-32)29(39)35-21-23-14-6-2-7-15-23/h1-2,4-7,10-15,18-19,24,27,36H,3,8-9,16-17,20-21,33H2,(H,34,38)(H,35,39)/t27-,31-,32-/m1/s1. The number of nitrogens with one attached hydrogen (secondary N) is 3. The normalized spacial score (nSPS) is 25.6. The minimum absolute atomic E-state index is 0.174. The Labute approximate surface area is 234 Å². The van der Waals surface area contributed by atoms with Gasteiger partial charge < -0.3 is 20.9 Å². The van der Waals surface area contributed by atoms with Gasteiger partial charge in [-0.05, 0) is 35.6 Å². The van der Waals surface area contributed by atoms with E-state index in [-0.39, 0.29) is 25.0 Å². The number of likely N-dealkylation sites (tertiary alicyclic amines) is 1. The van der Waals surface area contributed by atoms with Crippen LogP contribution in [0.5, 0.6) is 0 Å². The second-order valence-corrected chi connectivity index (χ2v) is 11.1. The Morgan fingerprint density at radius 3 is 2.05 bits per heavy atom. The maximum atomic E-state index is 14.6. The lowest BCUT2D eigenvalue weighted by atomic mass is 9.68. The van der Waals surface area contributed by atoms with Crippen molar-refractivity contribution in [3.63, 3.8) is 0 Å². The van der Waals surface area contributed by atoms with Gasteiger partial charge in [-0.1, -0.05) is 98.1 Å². The minimum atomic E-state index is -1.82. The zero-order valence-corrected chi connectivity index (χ0v) is 22.4. The average Bonchev–Trinajstić information content (AvgIpc) is 3.38. The highest BCUT2D eigenvalue weighted by molar-refractivity contribution is 6.14. The number of carbonyl (C=O) groups excluding carboxylic acids is 3. The average molecular weight is 538 g/mol. The van der Waals surface area contributed by atoms with Crippen molar-refractivity contribution in [3.05, 3.63) is 102 Å². The third kappa shape index (κ3) is 4.05. The highest BCUT2D eigenvalue weighted by atomic mass is 16.2. The van der Waals surface area contributed by atoms with Gasteiger partial charge in [0.05, 0.1) is 0 Å². The van der Waals surface area contributed by atoms with Crippen molar-refractivity contribution in [1.82, 2.24) is 15.5 Å². The minimum Gasteiger partial charge on any atom is -0.358 e. The lowest BCUT2D eigenvalue weighted by Crippen LogP contribution is -2.69. The molecule has 6 rings (SSSR count). The molecule has 3 aromatic rings. The van der Waals surface area contributed by atoms with Crippen LogP contribution in [0.25, 0.3) is 0 Å². The van der Waals surface area contributed by atoms with E-state index in [0.29, 0.717) is 11.3 Å². The smallest absolute Gasteiger partial charge is 0.265 e. The Morgan fingerprint density at radius 1 is 0.825 bits per heavy atom. The molecule has 0 bridgehead atoms. The fraction of sp³-hybridized carbons (Fsp3) is 0.344. The molecule has 1 saturated heterocycles. The Balaban J connectivity index is 1.46. The van der Waals surface area contributed by atoms with Crippen molar-refractivity contribution >= 4 is 23.4 Å². The summed E-state index contributed by atoms with van der Waals surface area (Å²) in [5, 5.41) is 9.32. The van der Waals surface area contributed by atoms with E-state index in [2.05, 4.69) is 16.0 Å². The number of nitrogens with two attached hydrogens (primary N) is 1. The molecule has 0 radical (unpaired) electrons.